The SMILES string of the molecule is Cc1nnc(Nc2ccc(F)cc2)nc1C. The van der Waals surface area contributed by atoms with E-state index in [0.717, 1.165) is 17.1 Å². The van der Waals surface area contributed by atoms with Crippen LogP contribution in [0.15, 0.2) is 24.3 Å². The van der Waals surface area contributed by atoms with Crippen molar-refractivity contribution in [2.45, 2.75) is 13.8 Å². The van der Waals surface area contributed by atoms with Crippen molar-refractivity contribution < 1.29 is 4.39 Å². The summed E-state index contributed by atoms with van der Waals surface area (Å²) in [5, 5.41) is 10.8. The third-order valence-corrected chi connectivity index (χ3v) is 2.19. The molecule has 0 spiro atoms. The van der Waals surface area contributed by atoms with Crippen LogP contribution in [0.3, 0.4) is 0 Å². The molecule has 0 aliphatic heterocycles. The second-order valence-corrected chi connectivity index (χ2v) is 3.44. The molecule has 5 heteroatoms. The van der Waals surface area contributed by atoms with Crippen LogP contribution < -0.4 is 5.32 Å². The number of rotatable bonds is 2. The van der Waals surface area contributed by atoms with E-state index in [1.54, 1.807) is 12.1 Å². The van der Waals surface area contributed by atoms with Gasteiger partial charge < -0.3 is 5.32 Å². The van der Waals surface area contributed by atoms with Crippen molar-refractivity contribution in [1.82, 2.24) is 15.2 Å². The number of hydrogen-bond acceptors (Lipinski definition) is 4. The van der Waals surface area contributed by atoms with Crippen LogP contribution in [0.5, 0.6) is 0 Å². The van der Waals surface area contributed by atoms with Crippen LogP contribution in [0, 0.1) is 19.7 Å². The molecule has 1 heterocycles. The van der Waals surface area contributed by atoms with Crippen molar-refractivity contribution >= 4 is 11.6 Å². The number of halogens is 1. The molecule has 0 fully saturated rings. The highest BCUT2D eigenvalue weighted by molar-refractivity contribution is 5.52. The molecule has 0 aliphatic carbocycles. The van der Waals surface area contributed by atoms with E-state index in [1.807, 2.05) is 13.8 Å². The van der Waals surface area contributed by atoms with Crippen molar-refractivity contribution in [3.8, 4) is 0 Å². The van der Waals surface area contributed by atoms with Gasteiger partial charge in [0.1, 0.15) is 5.82 Å². The maximum atomic E-state index is 12.7. The van der Waals surface area contributed by atoms with Crippen LogP contribution >= 0.6 is 0 Å². The van der Waals surface area contributed by atoms with Gasteiger partial charge >= 0.3 is 0 Å². The quantitative estimate of drug-likeness (QED) is 0.840. The molecule has 82 valence electrons. The molecular weight excluding hydrogens is 207 g/mol. The fourth-order valence-corrected chi connectivity index (χ4v) is 1.17. The standard InChI is InChI=1S/C11H11FN4/c1-7-8(2)15-16-11(13-7)14-10-5-3-9(12)4-6-10/h3-6H,1-2H3,(H,13,14,16). The highest BCUT2D eigenvalue weighted by Gasteiger charge is 2.01. The van der Waals surface area contributed by atoms with E-state index in [-0.39, 0.29) is 5.82 Å². The van der Waals surface area contributed by atoms with Gasteiger partial charge in [-0.25, -0.2) is 9.37 Å². The first-order chi connectivity index (χ1) is 7.65. The zero-order valence-electron chi connectivity index (χ0n) is 9.03. The van der Waals surface area contributed by atoms with Crippen molar-refractivity contribution in [3.05, 3.63) is 41.5 Å². The van der Waals surface area contributed by atoms with Gasteiger partial charge in [-0.05, 0) is 38.1 Å². The molecule has 0 amide bonds. The molecule has 0 radical (unpaired) electrons. The van der Waals surface area contributed by atoms with Gasteiger partial charge in [0.15, 0.2) is 0 Å². The Kier molecular flexibility index (Phi) is 2.76. The van der Waals surface area contributed by atoms with E-state index in [2.05, 4.69) is 20.5 Å². The number of aromatic nitrogens is 3. The summed E-state index contributed by atoms with van der Waals surface area (Å²) in [6, 6.07) is 5.98. The average molecular weight is 218 g/mol. The minimum atomic E-state index is -0.273. The minimum Gasteiger partial charge on any atom is -0.323 e. The highest BCUT2D eigenvalue weighted by Crippen LogP contribution is 2.13. The average Bonchev–Trinajstić information content (AvgIpc) is 2.27. The first-order valence-corrected chi connectivity index (χ1v) is 4.85. The maximum absolute atomic E-state index is 12.7. The summed E-state index contributed by atoms with van der Waals surface area (Å²) in [7, 11) is 0. The summed E-state index contributed by atoms with van der Waals surface area (Å²) in [6.45, 7) is 3.71. The van der Waals surface area contributed by atoms with Crippen LogP contribution in [-0.2, 0) is 0 Å². The summed E-state index contributed by atoms with van der Waals surface area (Å²) >= 11 is 0. The third kappa shape index (κ3) is 2.31. The molecule has 4 nitrogen and oxygen atoms in total. The lowest BCUT2D eigenvalue weighted by molar-refractivity contribution is 0.628. The van der Waals surface area contributed by atoms with E-state index in [0.29, 0.717) is 5.95 Å². The molecule has 1 aromatic heterocycles. The predicted molar refractivity (Wildman–Crippen MR) is 59.0 cm³/mol. The summed E-state index contributed by atoms with van der Waals surface area (Å²) in [6.07, 6.45) is 0. The maximum Gasteiger partial charge on any atom is 0.247 e. The van der Waals surface area contributed by atoms with Gasteiger partial charge in [0, 0.05) is 5.69 Å². The van der Waals surface area contributed by atoms with E-state index in [9.17, 15) is 4.39 Å². The van der Waals surface area contributed by atoms with Gasteiger partial charge in [0.2, 0.25) is 5.95 Å². The lowest BCUT2D eigenvalue weighted by Crippen LogP contribution is -2.02. The van der Waals surface area contributed by atoms with Gasteiger partial charge in [-0.3, -0.25) is 0 Å². The molecule has 0 unspecified atom stereocenters. The zero-order valence-corrected chi connectivity index (χ0v) is 9.03. The van der Waals surface area contributed by atoms with Gasteiger partial charge in [-0.1, -0.05) is 0 Å². The largest absolute Gasteiger partial charge is 0.323 e. The highest BCUT2D eigenvalue weighted by atomic mass is 19.1. The number of nitrogens with one attached hydrogen (secondary N) is 1. The van der Waals surface area contributed by atoms with Crippen LogP contribution in [0.1, 0.15) is 11.4 Å². The topological polar surface area (TPSA) is 50.7 Å². The molecule has 0 bridgehead atoms. The molecule has 2 aromatic rings. The van der Waals surface area contributed by atoms with Gasteiger partial charge in [0.05, 0.1) is 11.4 Å². The van der Waals surface area contributed by atoms with E-state index in [4.69, 9.17) is 0 Å². The first kappa shape index (κ1) is 10.5. The number of nitrogens with zero attached hydrogens (tertiary/aromatic N) is 3. The van der Waals surface area contributed by atoms with Crippen molar-refractivity contribution in [1.29, 1.82) is 0 Å². The second kappa shape index (κ2) is 4.22. The molecule has 0 atom stereocenters. The van der Waals surface area contributed by atoms with Gasteiger partial charge in [0.25, 0.3) is 0 Å². The Morgan fingerprint density at radius 1 is 1.00 bits per heavy atom. The van der Waals surface area contributed by atoms with Gasteiger partial charge in [-0.2, -0.15) is 5.10 Å². The Labute approximate surface area is 92.6 Å². The normalized spacial score (nSPS) is 10.2. The second-order valence-electron chi connectivity index (χ2n) is 3.44. The molecule has 2 rings (SSSR count). The third-order valence-electron chi connectivity index (χ3n) is 2.19. The monoisotopic (exact) mass is 218 g/mol. The van der Waals surface area contributed by atoms with Crippen molar-refractivity contribution in [2.75, 3.05) is 5.32 Å². The Bertz CT molecular complexity index is 496. The lowest BCUT2D eigenvalue weighted by atomic mass is 10.3. The molecular formula is C11H11FN4. The number of aryl methyl sites for hydroxylation is 2. The molecule has 0 saturated heterocycles. The predicted octanol–water partition coefficient (Wildman–Crippen LogP) is 2.37. The van der Waals surface area contributed by atoms with Crippen LogP contribution in [-0.4, -0.2) is 15.2 Å². The lowest BCUT2D eigenvalue weighted by Gasteiger charge is -2.05. The van der Waals surface area contributed by atoms with Crippen molar-refractivity contribution in [2.24, 2.45) is 0 Å². The Morgan fingerprint density at radius 3 is 2.31 bits per heavy atom. The van der Waals surface area contributed by atoms with E-state index in [1.165, 1.54) is 12.1 Å². The zero-order chi connectivity index (χ0) is 11.5. The molecule has 1 aromatic carbocycles. The summed E-state index contributed by atoms with van der Waals surface area (Å²) < 4.78 is 12.7. The molecule has 0 saturated carbocycles. The Hall–Kier alpha value is -2.04. The van der Waals surface area contributed by atoms with Crippen LogP contribution in [0.4, 0.5) is 16.0 Å². The number of anilines is 2. The van der Waals surface area contributed by atoms with Crippen molar-refractivity contribution in [3.63, 3.8) is 0 Å². The molecule has 1 N–H and O–H groups in total. The minimum absolute atomic E-state index is 0.273. The number of benzene rings is 1. The smallest absolute Gasteiger partial charge is 0.247 e. The first-order valence-electron chi connectivity index (χ1n) is 4.85. The van der Waals surface area contributed by atoms with Crippen LogP contribution in [0.25, 0.3) is 0 Å². The fourth-order valence-electron chi connectivity index (χ4n) is 1.17. The Morgan fingerprint density at radius 2 is 1.69 bits per heavy atom. The molecule has 16 heavy (non-hydrogen) atoms. The number of hydrogen-bond donors (Lipinski definition) is 1. The molecule has 0 aliphatic rings. The summed E-state index contributed by atoms with van der Waals surface area (Å²) in [4.78, 5) is 4.21. The van der Waals surface area contributed by atoms with Gasteiger partial charge in [-0.15, -0.1) is 5.10 Å². The van der Waals surface area contributed by atoms with E-state index < -0.39 is 0 Å². The summed E-state index contributed by atoms with van der Waals surface area (Å²) in [5.74, 6) is 0.138. The summed E-state index contributed by atoms with van der Waals surface area (Å²) in [5.41, 5.74) is 2.34. The fraction of sp³-hybridized carbons (Fsp3) is 0.182. The Balaban J connectivity index is 2.20. The van der Waals surface area contributed by atoms with E-state index >= 15 is 0 Å². The van der Waals surface area contributed by atoms with Crippen LogP contribution in [0.2, 0.25) is 0 Å².